The van der Waals surface area contributed by atoms with Gasteiger partial charge in [0.2, 0.25) is 5.91 Å². The highest BCUT2D eigenvalue weighted by Gasteiger charge is 2.51. The van der Waals surface area contributed by atoms with Gasteiger partial charge in [-0.05, 0) is 30.5 Å². The molecule has 2 saturated heterocycles. The molecule has 3 rings (SSSR count). The van der Waals surface area contributed by atoms with E-state index in [4.69, 9.17) is 4.74 Å². The molecule has 2 fully saturated rings. The monoisotopic (exact) mass is 357 g/mol. The van der Waals surface area contributed by atoms with Gasteiger partial charge >= 0.3 is 5.97 Å². The molecular formula is C17H18F3NO4. The SMILES string of the molecule is O=C(O)C1CN(C(=O)Cc2cc(F)c(F)c(F)c2)CC12CCOCC2. The third kappa shape index (κ3) is 3.35. The molecule has 0 aromatic heterocycles. The van der Waals surface area contributed by atoms with E-state index in [0.29, 0.717) is 26.1 Å². The molecule has 2 aliphatic heterocycles. The molecule has 0 saturated carbocycles. The molecule has 1 atom stereocenters. The predicted octanol–water partition coefficient (Wildman–Crippen LogP) is 1.99. The number of hydrogen-bond donors (Lipinski definition) is 1. The van der Waals surface area contributed by atoms with Gasteiger partial charge in [-0.3, -0.25) is 9.59 Å². The number of likely N-dealkylation sites (tertiary alicyclic amines) is 1. The quantitative estimate of drug-likeness (QED) is 0.840. The van der Waals surface area contributed by atoms with Crippen molar-refractivity contribution in [2.75, 3.05) is 26.3 Å². The Morgan fingerprint density at radius 3 is 2.36 bits per heavy atom. The van der Waals surface area contributed by atoms with E-state index in [1.54, 1.807) is 0 Å². The van der Waals surface area contributed by atoms with Crippen molar-refractivity contribution >= 4 is 11.9 Å². The summed E-state index contributed by atoms with van der Waals surface area (Å²) in [6.45, 7) is 1.22. The highest BCUT2D eigenvalue weighted by atomic mass is 19.2. The van der Waals surface area contributed by atoms with Crippen molar-refractivity contribution in [3.8, 4) is 0 Å². The van der Waals surface area contributed by atoms with Crippen molar-refractivity contribution in [2.45, 2.75) is 19.3 Å². The van der Waals surface area contributed by atoms with E-state index in [1.165, 1.54) is 4.90 Å². The zero-order valence-corrected chi connectivity index (χ0v) is 13.4. The van der Waals surface area contributed by atoms with Crippen molar-refractivity contribution in [3.05, 3.63) is 35.1 Å². The van der Waals surface area contributed by atoms with Crippen LogP contribution < -0.4 is 0 Å². The number of halogens is 3. The third-order valence-electron chi connectivity index (χ3n) is 5.19. The molecule has 25 heavy (non-hydrogen) atoms. The number of carbonyl (C=O) groups excluding carboxylic acids is 1. The summed E-state index contributed by atoms with van der Waals surface area (Å²) in [7, 11) is 0. The molecule has 0 bridgehead atoms. The van der Waals surface area contributed by atoms with Gasteiger partial charge in [0, 0.05) is 31.7 Å². The Balaban J connectivity index is 1.76. The first-order valence-electron chi connectivity index (χ1n) is 8.04. The van der Waals surface area contributed by atoms with Gasteiger partial charge < -0.3 is 14.7 Å². The van der Waals surface area contributed by atoms with Crippen LogP contribution in [0.4, 0.5) is 13.2 Å². The Kier molecular flexibility index (Phi) is 4.73. The topological polar surface area (TPSA) is 66.8 Å². The summed E-state index contributed by atoms with van der Waals surface area (Å²) in [5.41, 5.74) is -0.514. The summed E-state index contributed by atoms with van der Waals surface area (Å²) in [5.74, 6) is -6.37. The van der Waals surface area contributed by atoms with Gasteiger partial charge in [0.05, 0.1) is 12.3 Å². The van der Waals surface area contributed by atoms with Crippen molar-refractivity contribution in [1.29, 1.82) is 0 Å². The van der Waals surface area contributed by atoms with Crippen molar-refractivity contribution in [2.24, 2.45) is 11.3 Å². The molecule has 5 nitrogen and oxygen atoms in total. The molecular weight excluding hydrogens is 339 g/mol. The number of carboxylic acids is 1. The lowest BCUT2D eigenvalue weighted by atomic mass is 9.72. The van der Waals surface area contributed by atoms with Gasteiger partial charge in [-0.15, -0.1) is 0 Å². The normalized spacial score (nSPS) is 22.4. The van der Waals surface area contributed by atoms with Crippen LogP contribution in [0.2, 0.25) is 0 Å². The van der Waals surface area contributed by atoms with Crippen LogP contribution in [0.5, 0.6) is 0 Å². The average molecular weight is 357 g/mol. The fourth-order valence-corrected chi connectivity index (χ4v) is 3.78. The number of nitrogens with zero attached hydrogens (tertiary/aromatic N) is 1. The summed E-state index contributed by atoms with van der Waals surface area (Å²) in [6.07, 6.45) is 0.786. The molecule has 0 aliphatic carbocycles. The summed E-state index contributed by atoms with van der Waals surface area (Å²) >= 11 is 0. The van der Waals surface area contributed by atoms with Gasteiger partial charge in [-0.2, -0.15) is 0 Å². The Morgan fingerprint density at radius 1 is 1.20 bits per heavy atom. The van der Waals surface area contributed by atoms with Crippen LogP contribution in [0.25, 0.3) is 0 Å². The van der Waals surface area contributed by atoms with Crippen LogP contribution in [-0.2, 0) is 20.7 Å². The first-order valence-corrected chi connectivity index (χ1v) is 8.04. The first kappa shape index (κ1) is 17.7. The molecule has 8 heteroatoms. The summed E-state index contributed by atoms with van der Waals surface area (Å²) in [6, 6.07) is 1.57. The van der Waals surface area contributed by atoms with Gasteiger partial charge in [0.15, 0.2) is 17.5 Å². The molecule has 1 spiro atoms. The first-order chi connectivity index (χ1) is 11.8. The largest absolute Gasteiger partial charge is 0.481 e. The highest BCUT2D eigenvalue weighted by molar-refractivity contribution is 5.81. The van der Waals surface area contributed by atoms with Gasteiger partial charge in [-0.1, -0.05) is 0 Å². The summed E-state index contributed by atoms with van der Waals surface area (Å²) < 4.78 is 44.9. The van der Waals surface area contributed by atoms with E-state index >= 15 is 0 Å². The number of carbonyl (C=O) groups is 2. The number of amides is 1. The molecule has 136 valence electrons. The predicted molar refractivity (Wildman–Crippen MR) is 80.2 cm³/mol. The summed E-state index contributed by atoms with van der Waals surface area (Å²) in [4.78, 5) is 25.5. The van der Waals surface area contributed by atoms with Crippen molar-refractivity contribution in [1.82, 2.24) is 4.90 Å². The van der Waals surface area contributed by atoms with Crippen molar-refractivity contribution in [3.63, 3.8) is 0 Å². The zero-order chi connectivity index (χ0) is 18.2. The minimum atomic E-state index is -1.58. The lowest BCUT2D eigenvalue weighted by Crippen LogP contribution is -2.40. The lowest BCUT2D eigenvalue weighted by molar-refractivity contribution is -0.146. The Morgan fingerprint density at radius 2 is 1.80 bits per heavy atom. The highest BCUT2D eigenvalue weighted by Crippen LogP contribution is 2.44. The second-order valence-corrected chi connectivity index (χ2v) is 6.69. The number of carboxylic acid groups (broad SMARTS) is 1. The number of ether oxygens (including phenoxy) is 1. The lowest BCUT2D eigenvalue weighted by Gasteiger charge is -2.36. The smallest absolute Gasteiger partial charge is 0.308 e. The van der Waals surface area contributed by atoms with E-state index < -0.39 is 40.7 Å². The second kappa shape index (κ2) is 6.67. The number of aliphatic carboxylic acids is 1. The van der Waals surface area contributed by atoms with Gasteiger partial charge in [0.25, 0.3) is 0 Å². The van der Waals surface area contributed by atoms with Crippen LogP contribution in [0.15, 0.2) is 12.1 Å². The molecule has 1 N–H and O–H groups in total. The minimum Gasteiger partial charge on any atom is -0.481 e. The molecule has 2 heterocycles. The molecule has 1 aromatic rings. The maximum absolute atomic E-state index is 13.3. The van der Waals surface area contributed by atoms with E-state index in [2.05, 4.69) is 0 Å². The number of rotatable bonds is 3. The number of benzene rings is 1. The van der Waals surface area contributed by atoms with E-state index in [1.807, 2.05) is 0 Å². The minimum absolute atomic E-state index is 0.0150. The average Bonchev–Trinajstić information content (AvgIpc) is 2.92. The molecule has 0 radical (unpaired) electrons. The molecule has 1 aromatic carbocycles. The van der Waals surface area contributed by atoms with Crippen LogP contribution in [0.3, 0.4) is 0 Å². The number of hydrogen-bond acceptors (Lipinski definition) is 3. The second-order valence-electron chi connectivity index (χ2n) is 6.69. The third-order valence-corrected chi connectivity index (χ3v) is 5.19. The molecule has 1 unspecified atom stereocenters. The fraction of sp³-hybridized carbons (Fsp3) is 0.529. The van der Waals surface area contributed by atoms with Gasteiger partial charge in [0.1, 0.15) is 0 Å². The van der Waals surface area contributed by atoms with E-state index in [9.17, 15) is 27.9 Å². The standard InChI is InChI=1S/C17H18F3NO4/c18-12-5-10(6-13(19)15(12)20)7-14(22)21-8-11(16(23)24)17(9-21)1-3-25-4-2-17/h5-6,11H,1-4,7-9H2,(H,23,24). The van der Waals surface area contributed by atoms with Crippen LogP contribution in [0.1, 0.15) is 18.4 Å². The van der Waals surface area contributed by atoms with Crippen LogP contribution >= 0.6 is 0 Å². The van der Waals surface area contributed by atoms with E-state index in [-0.39, 0.29) is 25.1 Å². The maximum Gasteiger partial charge on any atom is 0.308 e. The Bertz CT molecular complexity index is 680. The van der Waals surface area contributed by atoms with E-state index in [0.717, 1.165) is 12.1 Å². The Labute approximate surface area is 142 Å². The maximum atomic E-state index is 13.3. The van der Waals surface area contributed by atoms with Gasteiger partial charge in [-0.25, -0.2) is 13.2 Å². The van der Waals surface area contributed by atoms with Crippen LogP contribution in [-0.4, -0.2) is 48.2 Å². The fourth-order valence-electron chi connectivity index (χ4n) is 3.78. The van der Waals surface area contributed by atoms with Crippen molar-refractivity contribution < 1.29 is 32.6 Å². The zero-order valence-electron chi connectivity index (χ0n) is 13.4. The molecule has 1 amide bonds. The van der Waals surface area contributed by atoms with Crippen LogP contribution in [0, 0.1) is 28.8 Å². The Hall–Kier alpha value is -2.09. The summed E-state index contributed by atoms with van der Waals surface area (Å²) in [5, 5.41) is 9.50. The molecule has 2 aliphatic rings.